The first-order valence-electron chi connectivity index (χ1n) is 46.8. The first-order valence-corrected chi connectivity index (χ1v) is 49.1. The van der Waals surface area contributed by atoms with Crippen molar-refractivity contribution in [3.8, 4) is 0 Å². The number of rotatable bonds is 84. The van der Waals surface area contributed by atoms with E-state index in [-0.39, 0.29) is 100 Å². The van der Waals surface area contributed by atoms with Crippen molar-refractivity contribution in [1.82, 2.24) is 0 Å². The van der Waals surface area contributed by atoms with E-state index in [1.165, 1.54) is 385 Å². The minimum Gasteiger partial charge on any atom is -0.789 e. The van der Waals surface area contributed by atoms with E-state index in [0.717, 1.165) is 51.4 Å². The van der Waals surface area contributed by atoms with Gasteiger partial charge in [-0.15, -0.1) is 23.0 Å². The summed E-state index contributed by atoms with van der Waals surface area (Å²) in [4.78, 5) is 45.2. The smallest absolute Gasteiger partial charge is 0.789 e. The van der Waals surface area contributed by atoms with Gasteiger partial charge in [-0.1, -0.05) is 399 Å². The zero-order chi connectivity index (χ0) is 79.4. The summed E-state index contributed by atoms with van der Waals surface area (Å²) in [6, 6.07) is 0. The predicted octanol–water partition coefficient (Wildman–Crippen LogP) is 31.3. The molecule has 0 amide bonds. The van der Waals surface area contributed by atoms with Gasteiger partial charge in [0, 0.05) is 25.7 Å². The summed E-state index contributed by atoms with van der Waals surface area (Å²) in [5.74, 6) is 1.63. The fourth-order valence-electron chi connectivity index (χ4n) is 13.1. The number of ether oxygens (including phenoxy) is 4. The maximum Gasteiger partial charge on any atom is 2.00 e. The summed E-state index contributed by atoms with van der Waals surface area (Å²) in [6.45, 7) is 10.7. The summed E-state index contributed by atoms with van der Waals surface area (Å²) >= 11 is 19.0. The van der Waals surface area contributed by atoms with Crippen LogP contribution in [0.1, 0.15) is 505 Å². The number of hydrogen-bond donors (Lipinski definition) is 0. The van der Waals surface area contributed by atoms with Crippen molar-refractivity contribution in [2.75, 3.05) is 49.4 Å². The number of unbranched alkanes of at least 4 members (excludes halogenated alkanes) is 60. The fourth-order valence-corrected chi connectivity index (χ4v) is 13.4. The summed E-state index contributed by atoms with van der Waals surface area (Å²) in [5.41, 5.74) is 0. The Hall–Kier alpha value is 0.187. The van der Waals surface area contributed by atoms with E-state index >= 15 is 0 Å². The first kappa shape index (κ1) is 131. The fraction of sp³-hybridized carbons (Fsp3) is 0.878. The van der Waals surface area contributed by atoms with Gasteiger partial charge in [0.25, 0.3) is 0 Å². The van der Waals surface area contributed by atoms with Gasteiger partial charge in [-0.2, -0.15) is 13.5 Å². The molecule has 4 radical (unpaired) electrons. The quantitative estimate of drug-likeness (QED) is 0.0145. The minimum atomic E-state index is -0.0910. The van der Waals surface area contributed by atoms with Crippen molar-refractivity contribution < 1.29 is 38.1 Å². The molecule has 0 N–H and O–H groups in total. The third-order valence-electron chi connectivity index (χ3n) is 20.0. The van der Waals surface area contributed by atoms with Gasteiger partial charge >= 0.3 is 71.7 Å². The van der Waals surface area contributed by atoms with Gasteiger partial charge in [0.1, 0.15) is 0 Å². The van der Waals surface area contributed by atoms with Crippen LogP contribution in [0.2, 0.25) is 0 Å². The Labute approximate surface area is 769 Å². The molecule has 0 unspecified atom stereocenters. The number of carbonyl (C=O) groups excluding carboxylic acids is 4. The van der Waals surface area contributed by atoms with Crippen LogP contribution < -0.4 is 0 Å². The average molecular weight is 1890 g/mol. The van der Waals surface area contributed by atoms with Crippen LogP contribution in [0.4, 0.5) is 0 Å². The van der Waals surface area contributed by atoms with Gasteiger partial charge in [0.05, 0.1) is 26.4 Å². The molecule has 0 bridgehead atoms. The second kappa shape index (κ2) is 128. The largest absolute Gasteiger partial charge is 2.00 e. The van der Waals surface area contributed by atoms with Crippen molar-refractivity contribution in [1.29, 1.82) is 0 Å². The molecule has 8 nitrogen and oxygen atoms in total. The molecule has 0 saturated carbocycles. The molecule has 0 atom stereocenters. The van der Waals surface area contributed by atoms with Gasteiger partial charge in [0.15, 0.2) is 0 Å². The second-order valence-electron chi connectivity index (χ2n) is 30.7. The zero-order valence-corrected chi connectivity index (χ0v) is 83.6. The molecule has 0 rings (SSSR count). The summed E-state index contributed by atoms with van der Waals surface area (Å²) < 4.78 is 19.9. The van der Waals surface area contributed by atoms with Crippen LogP contribution in [0.3, 0.4) is 0 Å². The molecule has 15 heteroatoms. The first-order chi connectivity index (χ1) is 53.2. The van der Waals surface area contributed by atoms with Crippen LogP contribution in [0, 0.1) is 0 Å². The normalized spacial score (nSPS) is 10.8. The molecule has 0 aliphatic carbocycles. The molecule has 0 spiro atoms. The zero-order valence-electron chi connectivity index (χ0n) is 73.6. The molecule has 0 aliphatic heterocycles. The molecule has 113 heavy (non-hydrogen) atoms. The Morgan fingerprint density at radius 3 is 0.416 bits per heavy atom. The molecule has 0 aliphatic rings. The van der Waals surface area contributed by atoms with Gasteiger partial charge in [-0.3, -0.25) is 19.2 Å². The molecule has 668 valence electrons. The van der Waals surface area contributed by atoms with Gasteiger partial charge in [-0.25, -0.2) is 0 Å². The molecule has 0 aromatic carbocycles. The van der Waals surface area contributed by atoms with Crippen LogP contribution in [0.25, 0.3) is 0 Å². The average Bonchev–Trinajstić information content (AvgIpc) is 1.34. The molecule has 0 aromatic rings. The van der Waals surface area contributed by atoms with E-state index in [1.807, 2.05) is 0 Å². The van der Waals surface area contributed by atoms with E-state index in [9.17, 15) is 19.2 Å². The van der Waals surface area contributed by atoms with Crippen LogP contribution >= 0.6 is 13.5 Å². The minimum absolute atomic E-state index is 0. The monoisotopic (exact) mass is 1900 g/mol. The molecule has 0 saturated heterocycles. The van der Waals surface area contributed by atoms with Crippen LogP contribution in [0.15, 0.2) is 48.6 Å². The van der Waals surface area contributed by atoms with Crippen molar-refractivity contribution in [3.05, 3.63) is 48.6 Å². The Balaban J connectivity index is -0.000000180. The maximum absolute atomic E-state index is 11.3. The van der Waals surface area contributed by atoms with Crippen LogP contribution in [0.5, 0.6) is 0 Å². The van der Waals surface area contributed by atoms with Gasteiger partial charge in [0.2, 0.25) is 0 Å². The molecule has 0 heterocycles. The van der Waals surface area contributed by atoms with E-state index < -0.39 is 0 Å². The maximum atomic E-state index is 11.3. The van der Waals surface area contributed by atoms with E-state index in [2.05, 4.69) is 76.3 Å². The molecule has 0 aromatic heterocycles. The number of allylic oxidation sites excluding steroid dienone is 8. The van der Waals surface area contributed by atoms with Crippen molar-refractivity contribution >= 4 is 136 Å². The molecular formula is C98H190O8S5Sn2. The third kappa shape index (κ3) is 136. The van der Waals surface area contributed by atoms with Crippen LogP contribution in [-0.2, 0) is 88.6 Å². The topological polar surface area (TPSA) is 105 Å². The van der Waals surface area contributed by atoms with E-state index in [0.29, 0.717) is 75.1 Å². The van der Waals surface area contributed by atoms with Gasteiger partial charge in [-0.05, 0) is 128 Å². The molecule has 0 fully saturated rings. The summed E-state index contributed by atoms with van der Waals surface area (Å²) in [7, 11) is 0. The molecular weight excluding hydrogens is 1700 g/mol. The van der Waals surface area contributed by atoms with E-state index in [1.54, 1.807) is 0 Å². The van der Waals surface area contributed by atoms with Crippen molar-refractivity contribution in [2.24, 2.45) is 0 Å². The second-order valence-corrected chi connectivity index (χ2v) is 32.3. The van der Waals surface area contributed by atoms with Gasteiger partial charge < -0.3 is 69.5 Å². The van der Waals surface area contributed by atoms with Crippen molar-refractivity contribution in [2.45, 2.75) is 505 Å². The van der Waals surface area contributed by atoms with Crippen molar-refractivity contribution in [3.63, 3.8) is 0 Å². The standard InChI is InChI=1S/4C24H46O2S.2CH4.H2S.2Sn/c4*1-2-3-4-5-6-7-8-9-10-11-12-13-14-15-16-17-18-19-20-21-24(25)26-22-23-27;;;;;/h4*14-15,27H,2-13,16-23H2,1H3;2*1H4;1H2;;/q;;;;;;;2*+2/p-4/b4*15-14+;;;;;. The predicted molar refractivity (Wildman–Crippen MR) is 520 cm³/mol. The summed E-state index contributed by atoms with van der Waals surface area (Å²) in [6.07, 6.45) is 111. The summed E-state index contributed by atoms with van der Waals surface area (Å²) in [5, 5.41) is 0. The number of esters is 4. The Morgan fingerprint density at radius 1 is 0.195 bits per heavy atom. The third-order valence-corrected chi connectivity index (χ3v) is 20.6. The SMILES string of the molecule is C.C.CCCCCCCCCCCCC/C=C/CCCCCCC(=O)OCC[S-].CCCCCCCCCCCCC/C=C/CCCCCCC(=O)OCC[S-].CCCCCCCCCCCCC/C=C/CCCCCCC(=O)OCC[S-].CCCCCCCCCCCCC/C=C/CCCCCCC(=O)OCC[S-].S.[Sn+2].[Sn+2]. The van der Waals surface area contributed by atoms with Crippen LogP contribution in [-0.4, -0.2) is 121 Å². The van der Waals surface area contributed by atoms with E-state index in [4.69, 9.17) is 69.5 Å². The Kier molecular flexibility index (Phi) is 148. The number of hydrogen-bond acceptors (Lipinski definition) is 12. The number of carbonyl (C=O) groups is 4. The Morgan fingerprint density at radius 2 is 0.301 bits per heavy atom. The Bertz CT molecular complexity index is 1590.